The van der Waals surface area contributed by atoms with Gasteiger partial charge in [0.05, 0.1) is 17.9 Å². The van der Waals surface area contributed by atoms with Crippen LogP contribution in [-0.4, -0.2) is 43.0 Å². The van der Waals surface area contributed by atoms with Crippen molar-refractivity contribution in [3.05, 3.63) is 76.3 Å². The lowest BCUT2D eigenvalue weighted by molar-refractivity contribution is -0.114. The average Bonchev–Trinajstić information content (AvgIpc) is 2.83. The van der Waals surface area contributed by atoms with Gasteiger partial charge in [-0.3, -0.25) is 14.7 Å². The van der Waals surface area contributed by atoms with Gasteiger partial charge in [0.25, 0.3) is 5.91 Å². The van der Waals surface area contributed by atoms with Gasteiger partial charge in [-0.2, -0.15) is 0 Å². The van der Waals surface area contributed by atoms with Gasteiger partial charge < -0.3 is 4.90 Å². The highest BCUT2D eigenvalue weighted by molar-refractivity contribution is 6.34. The minimum Gasteiger partial charge on any atom is -0.382 e. The van der Waals surface area contributed by atoms with E-state index in [9.17, 15) is 9.18 Å². The molecule has 0 saturated carbocycles. The molecule has 0 saturated heterocycles. The predicted molar refractivity (Wildman–Crippen MR) is 105 cm³/mol. The van der Waals surface area contributed by atoms with Crippen LogP contribution in [0.2, 0.25) is 5.02 Å². The van der Waals surface area contributed by atoms with E-state index >= 15 is 0 Å². The second-order valence-corrected chi connectivity index (χ2v) is 6.89. The van der Waals surface area contributed by atoms with Gasteiger partial charge in [0.2, 0.25) is 0 Å². The van der Waals surface area contributed by atoms with E-state index in [0.29, 0.717) is 39.1 Å². The summed E-state index contributed by atoms with van der Waals surface area (Å²) in [6.07, 6.45) is 1.67. The van der Waals surface area contributed by atoms with Gasteiger partial charge in [0.15, 0.2) is 0 Å². The van der Waals surface area contributed by atoms with Crippen LogP contribution in [0.5, 0.6) is 0 Å². The molecule has 0 atom stereocenters. The van der Waals surface area contributed by atoms with Crippen LogP contribution in [-0.2, 0) is 4.79 Å². The number of hydrogen-bond donors (Lipinski definition) is 0. The second-order valence-electron chi connectivity index (χ2n) is 6.45. The molecule has 0 unspecified atom stereocenters. The van der Waals surface area contributed by atoms with Crippen molar-refractivity contribution in [1.29, 1.82) is 0 Å². The number of carbonyl (C=O) groups excluding carboxylic acids is 1. The van der Waals surface area contributed by atoms with Crippen LogP contribution < -0.4 is 4.90 Å². The lowest BCUT2D eigenvalue weighted by Crippen LogP contribution is -2.33. The zero-order valence-electron chi connectivity index (χ0n) is 14.8. The van der Waals surface area contributed by atoms with Gasteiger partial charge in [0.1, 0.15) is 17.3 Å². The van der Waals surface area contributed by atoms with Crippen molar-refractivity contribution in [2.45, 2.75) is 0 Å². The largest absolute Gasteiger partial charge is 0.382 e. The molecule has 0 spiro atoms. The van der Waals surface area contributed by atoms with Gasteiger partial charge in [0, 0.05) is 36.4 Å². The fraction of sp³-hybridized carbons (Fsp3) is 0.150. The molecule has 0 fully saturated rings. The normalized spacial score (nSPS) is 17.3. The minimum atomic E-state index is -0.384. The number of carbonyl (C=O) groups is 1. The third-order valence-corrected chi connectivity index (χ3v) is 4.51. The van der Waals surface area contributed by atoms with Crippen molar-refractivity contribution in [2.75, 3.05) is 25.5 Å². The van der Waals surface area contributed by atoms with E-state index in [-0.39, 0.29) is 18.3 Å². The highest BCUT2D eigenvalue weighted by Crippen LogP contribution is 2.33. The molecule has 7 heteroatoms. The monoisotopic (exact) mass is 382 g/mol. The lowest BCUT2D eigenvalue weighted by atomic mass is 9.99. The van der Waals surface area contributed by atoms with Crippen LogP contribution in [0.1, 0.15) is 11.1 Å². The van der Waals surface area contributed by atoms with Gasteiger partial charge in [-0.15, -0.1) is 0 Å². The molecule has 2 aliphatic rings. The molecule has 0 bridgehead atoms. The zero-order chi connectivity index (χ0) is 19.1. The number of nitrogens with zero attached hydrogens (tertiary/aromatic N) is 4. The summed E-state index contributed by atoms with van der Waals surface area (Å²) in [4.78, 5) is 25.3. The van der Waals surface area contributed by atoms with E-state index < -0.39 is 0 Å². The molecule has 136 valence electrons. The first kappa shape index (κ1) is 17.4. The molecule has 2 heterocycles. The molecule has 1 amide bonds. The number of fused-ring (bicyclic) bond motifs is 3. The van der Waals surface area contributed by atoms with Crippen molar-refractivity contribution in [3.63, 3.8) is 0 Å². The predicted octanol–water partition coefficient (Wildman–Crippen LogP) is 3.48. The van der Waals surface area contributed by atoms with Gasteiger partial charge in [-0.25, -0.2) is 9.38 Å². The fourth-order valence-corrected chi connectivity index (χ4v) is 3.34. The Kier molecular flexibility index (Phi) is 4.28. The summed E-state index contributed by atoms with van der Waals surface area (Å²) in [5, 5.41) is 0.480. The van der Waals surface area contributed by atoms with Crippen LogP contribution in [0.15, 0.2) is 64.3 Å². The highest BCUT2D eigenvalue weighted by atomic mass is 35.5. The molecule has 5 nitrogen and oxygen atoms in total. The van der Waals surface area contributed by atoms with Gasteiger partial charge in [-0.05, 0) is 30.3 Å². The maximum absolute atomic E-state index is 14.4. The number of anilines is 1. The van der Waals surface area contributed by atoms with Crippen LogP contribution in [0.4, 0.5) is 10.1 Å². The molecular weight excluding hydrogens is 367 g/mol. The van der Waals surface area contributed by atoms with E-state index in [4.69, 9.17) is 11.6 Å². The van der Waals surface area contributed by atoms with E-state index in [1.165, 1.54) is 11.0 Å². The standard InChI is InChI=1S/C20H16ClFN4O/c1-25(2)11-16-20(27)26-17-8-7-12(21)9-14(17)19(23-10-18(26)24-16)13-5-3-4-6-15(13)22/h3-9,11H,10H2,1-2H3. The Morgan fingerprint density at radius 1 is 1.19 bits per heavy atom. The summed E-state index contributed by atoms with van der Waals surface area (Å²) >= 11 is 6.20. The number of halogens is 2. The number of rotatable bonds is 2. The van der Waals surface area contributed by atoms with E-state index in [1.54, 1.807) is 47.5 Å². The zero-order valence-corrected chi connectivity index (χ0v) is 15.5. The quantitative estimate of drug-likeness (QED) is 0.747. The number of aliphatic imine (C=N–C) groups is 2. The number of hydrogen-bond acceptors (Lipinski definition) is 4. The SMILES string of the molecule is CN(C)C=C1N=C2CN=C(c3ccccc3F)c3cc(Cl)ccc3N2C1=O. The lowest BCUT2D eigenvalue weighted by Gasteiger charge is -2.19. The Bertz CT molecular complexity index is 1040. The molecule has 0 radical (unpaired) electrons. The molecule has 0 N–H and O–H groups in total. The summed E-state index contributed by atoms with van der Waals surface area (Å²) < 4.78 is 14.4. The Morgan fingerprint density at radius 2 is 1.96 bits per heavy atom. The van der Waals surface area contributed by atoms with Crippen molar-refractivity contribution in [2.24, 2.45) is 9.98 Å². The topological polar surface area (TPSA) is 48.3 Å². The van der Waals surface area contributed by atoms with Crippen molar-refractivity contribution in [3.8, 4) is 0 Å². The highest BCUT2D eigenvalue weighted by Gasteiger charge is 2.35. The average molecular weight is 383 g/mol. The van der Waals surface area contributed by atoms with Crippen molar-refractivity contribution < 1.29 is 9.18 Å². The van der Waals surface area contributed by atoms with Crippen LogP contribution in [0.25, 0.3) is 0 Å². The molecule has 27 heavy (non-hydrogen) atoms. The maximum Gasteiger partial charge on any atom is 0.284 e. The maximum atomic E-state index is 14.4. The molecule has 2 aliphatic heterocycles. The number of amidine groups is 1. The van der Waals surface area contributed by atoms with Gasteiger partial charge >= 0.3 is 0 Å². The fourth-order valence-electron chi connectivity index (χ4n) is 3.16. The molecular formula is C20H16ClFN4O. The summed E-state index contributed by atoms with van der Waals surface area (Å²) in [6, 6.07) is 11.6. The smallest absolute Gasteiger partial charge is 0.284 e. The summed E-state index contributed by atoms with van der Waals surface area (Å²) in [7, 11) is 3.65. The first-order chi connectivity index (χ1) is 13.0. The summed E-state index contributed by atoms with van der Waals surface area (Å²) in [6.45, 7) is 0.159. The first-order valence-electron chi connectivity index (χ1n) is 8.35. The third-order valence-electron chi connectivity index (χ3n) is 4.27. The molecule has 0 aliphatic carbocycles. The Labute approximate surface area is 161 Å². The molecule has 0 aromatic heterocycles. The first-order valence-corrected chi connectivity index (χ1v) is 8.73. The van der Waals surface area contributed by atoms with Crippen LogP contribution in [0, 0.1) is 5.82 Å². The number of amides is 1. The Balaban J connectivity index is 1.93. The van der Waals surface area contributed by atoms with Gasteiger partial charge in [-0.1, -0.05) is 23.7 Å². The van der Waals surface area contributed by atoms with E-state index in [1.807, 2.05) is 14.1 Å². The third kappa shape index (κ3) is 3.02. The van der Waals surface area contributed by atoms with Crippen molar-refractivity contribution in [1.82, 2.24) is 4.90 Å². The molecule has 2 aromatic rings. The Hall–Kier alpha value is -2.99. The Morgan fingerprint density at radius 3 is 2.70 bits per heavy atom. The molecule has 4 rings (SSSR count). The minimum absolute atomic E-state index is 0.159. The van der Waals surface area contributed by atoms with E-state index in [0.717, 1.165) is 0 Å². The molecule has 2 aromatic carbocycles. The summed E-state index contributed by atoms with van der Waals surface area (Å²) in [5.41, 5.74) is 2.33. The van der Waals surface area contributed by atoms with Crippen LogP contribution >= 0.6 is 11.6 Å². The van der Waals surface area contributed by atoms with Crippen molar-refractivity contribution >= 4 is 34.7 Å². The van der Waals surface area contributed by atoms with Crippen LogP contribution in [0.3, 0.4) is 0 Å². The summed E-state index contributed by atoms with van der Waals surface area (Å²) in [5.74, 6) is -0.124. The second kappa shape index (κ2) is 6.63. The van der Waals surface area contributed by atoms with E-state index in [2.05, 4.69) is 9.98 Å². The number of benzene rings is 2.